The number of aliphatic hydroxyl groups excluding tert-OH is 1. The molecular weight excluding hydrogens is 234 g/mol. The standard InChI is InChI=1S/C13H19NO4/c1-9-5-11(18-12(9)13(16)17-2)7-14-4-3-10(6-14)8-15/h5,10,15H,3-4,6-8H2,1-2H3. The average Bonchev–Trinajstić information content (AvgIpc) is 2.95. The average molecular weight is 253 g/mol. The second-order valence-electron chi connectivity index (χ2n) is 4.79. The molecule has 5 heteroatoms. The highest BCUT2D eigenvalue weighted by Gasteiger charge is 2.23. The second kappa shape index (κ2) is 5.54. The molecule has 0 bridgehead atoms. The number of hydrogen-bond acceptors (Lipinski definition) is 5. The Balaban J connectivity index is 2.00. The van der Waals surface area contributed by atoms with Crippen LogP contribution in [-0.4, -0.2) is 42.8 Å². The molecule has 1 saturated heterocycles. The minimum absolute atomic E-state index is 0.237. The van der Waals surface area contributed by atoms with E-state index in [1.165, 1.54) is 7.11 Å². The van der Waals surface area contributed by atoms with E-state index in [1.807, 2.05) is 13.0 Å². The number of likely N-dealkylation sites (tertiary alicyclic amines) is 1. The van der Waals surface area contributed by atoms with E-state index in [9.17, 15) is 4.79 Å². The van der Waals surface area contributed by atoms with E-state index in [4.69, 9.17) is 9.52 Å². The molecule has 2 heterocycles. The summed E-state index contributed by atoms with van der Waals surface area (Å²) in [7, 11) is 1.34. The fourth-order valence-corrected chi connectivity index (χ4v) is 2.35. The van der Waals surface area contributed by atoms with Gasteiger partial charge in [-0.15, -0.1) is 0 Å². The van der Waals surface area contributed by atoms with Gasteiger partial charge in [0.05, 0.1) is 13.7 Å². The van der Waals surface area contributed by atoms with E-state index in [2.05, 4.69) is 9.64 Å². The summed E-state index contributed by atoms with van der Waals surface area (Å²) in [6, 6.07) is 1.87. The summed E-state index contributed by atoms with van der Waals surface area (Å²) in [5, 5.41) is 9.09. The molecule has 0 saturated carbocycles. The first-order chi connectivity index (χ1) is 8.63. The van der Waals surface area contributed by atoms with E-state index in [1.54, 1.807) is 0 Å². The van der Waals surface area contributed by atoms with Crippen molar-refractivity contribution in [2.75, 3.05) is 26.8 Å². The van der Waals surface area contributed by atoms with Crippen molar-refractivity contribution in [2.24, 2.45) is 5.92 Å². The van der Waals surface area contributed by atoms with Crippen molar-refractivity contribution < 1.29 is 19.1 Å². The van der Waals surface area contributed by atoms with Crippen LogP contribution in [0.25, 0.3) is 0 Å². The number of hydrogen-bond donors (Lipinski definition) is 1. The molecule has 1 aliphatic rings. The summed E-state index contributed by atoms with van der Waals surface area (Å²) in [6.07, 6.45) is 1.01. The molecule has 1 aromatic rings. The van der Waals surface area contributed by atoms with Crippen LogP contribution in [0.15, 0.2) is 10.5 Å². The Morgan fingerprint density at radius 1 is 1.67 bits per heavy atom. The lowest BCUT2D eigenvalue weighted by atomic mass is 10.1. The van der Waals surface area contributed by atoms with Crippen LogP contribution in [0.4, 0.5) is 0 Å². The Bertz CT molecular complexity index is 427. The predicted molar refractivity (Wildman–Crippen MR) is 65.3 cm³/mol. The molecule has 18 heavy (non-hydrogen) atoms. The summed E-state index contributed by atoms with van der Waals surface area (Å²) < 4.78 is 10.2. The molecule has 1 fully saturated rings. The van der Waals surface area contributed by atoms with Gasteiger partial charge in [-0.25, -0.2) is 4.79 Å². The third kappa shape index (κ3) is 2.73. The van der Waals surface area contributed by atoms with Crippen LogP contribution in [0.3, 0.4) is 0 Å². The van der Waals surface area contributed by atoms with Gasteiger partial charge < -0.3 is 14.3 Å². The maximum Gasteiger partial charge on any atom is 0.374 e. The van der Waals surface area contributed by atoms with E-state index in [0.29, 0.717) is 12.5 Å². The number of carbonyl (C=O) groups excluding carboxylic acids is 1. The van der Waals surface area contributed by atoms with Crippen LogP contribution in [0.5, 0.6) is 0 Å². The van der Waals surface area contributed by atoms with Gasteiger partial charge in [0.2, 0.25) is 5.76 Å². The summed E-state index contributed by atoms with van der Waals surface area (Å²) in [6.45, 7) is 4.58. The Labute approximate surface area is 106 Å². The molecule has 1 aliphatic heterocycles. The summed E-state index contributed by atoms with van der Waals surface area (Å²) in [4.78, 5) is 13.6. The zero-order valence-electron chi connectivity index (χ0n) is 10.8. The fourth-order valence-electron chi connectivity index (χ4n) is 2.35. The molecule has 1 aromatic heterocycles. The van der Waals surface area contributed by atoms with Crippen LogP contribution in [0.2, 0.25) is 0 Å². The van der Waals surface area contributed by atoms with Crippen molar-refractivity contribution >= 4 is 5.97 Å². The van der Waals surface area contributed by atoms with Gasteiger partial charge in [-0.1, -0.05) is 0 Å². The molecule has 5 nitrogen and oxygen atoms in total. The van der Waals surface area contributed by atoms with Crippen molar-refractivity contribution in [3.8, 4) is 0 Å². The van der Waals surface area contributed by atoms with Gasteiger partial charge in [0.25, 0.3) is 0 Å². The topological polar surface area (TPSA) is 62.9 Å². The van der Waals surface area contributed by atoms with Crippen LogP contribution in [-0.2, 0) is 11.3 Å². The van der Waals surface area contributed by atoms with Crippen molar-refractivity contribution in [2.45, 2.75) is 19.9 Å². The predicted octanol–water partition coefficient (Wildman–Crippen LogP) is 1.19. The molecule has 1 N–H and O–H groups in total. The highest BCUT2D eigenvalue weighted by atomic mass is 16.5. The van der Waals surface area contributed by atoms with Gasteiger partial charge in [-0.2, -0.15) is 0 Å². The van der Waals surface area contributed by atoms with Crippen molar-refractivity contribution in [3.63, 3.8) is 0 Å². The Morgan fingerprint density at radius 3 is 3.06 bits per heavy atom. The normalized spacial score (nSPS) is 20.3. The van der Waals surface area contributed by atoms with Gasteiger partial charge in [-0.05, 0) is 31.9 Å². The van der Waals surface area contributed by atoms with Crippen molar-refractivity contribution in [3.05, 3.63) is 23.2 Å². The van der Waals surface area contributed by atoms with E-state index < -0.39 is 5.97 Å². The first-order valence-electron chi connectivity index (χ1n) is 6.15. The molecule has 0 radical (unpaired) electrons. The Hall–Kier alpha value is -1.33. The number of rotatable bonds is 4. The zero-order chi connectivity index (χ0) is 13.1. The van der Waals surface area contributed by atoms with Gasteiger partial charge in [0.15, 0.2) is 0 Å². The highest BCUT2D eigenvalue weighted by molar-refractivity contribution is 5.87. The highest BCUT2D eigenvalue weighted by Crippen LogP contribution is 2.21. The number of ether oxygens (including phenoxy) is 1. The Morgan fingerprint density at radius 2 is 2.44 bits per heavy atom. The molecule has 100 valence electrons. The molecule has 0 aromatic carbocycles. The molecule has 1 unspecified atom stereocenters. The number of nitrogens with zero attached hydrogens (tertiary/aromatic N) is 1. The zero-order valence-corrected chi connectivity index (χ0v) is 10.8. The SMILES string of the molecule is COC(=O)c1oc(CN2CCC(CO)C2)cc1C. The maximum absolute atomic E-state index is 11.4. The number of esters is 1. The Kier molecular flexibility index (Phi) is 4.04. The molecule has 0 amide bonds. The summed E-state index contributed by atoms with van der Waals surface area (Å²) in [5.41, 5.74) is 0.801. The maximum atomic E-state index is 11.4. The first-order valence-corrected chi connectivity index (χ1v) is 6.15. The summed E-state index contributed by atoms with van der Waals surface area (Å²) in [5.74, 6) is 0.978. The number of carbonyl (C=O) groups is 1. The quantitative estimate of drug-likeness (QED) is 0.817. The number of furan rings is 1. The largest absolute Gasteiger partial charge is 0.463 e. The summed E-state index contributed by atoms with van der Waals surface area (Å²) >= 11 is 0. The van der Waals surface area contributed by atoms with Crippen LogP contribution < -0.4 is 0 Å². The lowest BCUT2D eigenvalue weighted by Crippen LogP contribution is -2.20. The van der Waals surface area contributed by atoms with Crippen LogP contribution >= 0.6 is 0 Å². The van der Waals surface area contributed by atoms with Crippen LogP contribution in [0.1, 0.15) is 28.3 Å². The van der Waals surface area contributed by atoms with Gasteiger partial charge in [-0.3, -0.25) is 4.90 Å². The lowest BCUT2D eigenvalue weighted by Gasteiger charge is -2.13. The molecule has 1 atom stereocenters. The molecule has 0 spiro atoms. The lowest BCUT2D eigenvalue weighted by molar-refractivity contribution is 0.0560. The smallest absolute Gasteiger partial charge is 0.374 e. The third-order valence-electron chi connectivity index (χ3n) is 3.35. The van der Waals surface area contributed by atoms with Gasteiger partial charge in [0, 0.05) is 18.7 Å². The molecular formula is C13H19NO4. The second-order valence-corrected chi connectivity index (χ2v) is 4.79. The van der Waals surface area contributed by atoms with E-state index in [-0.39, 0.29) is 12.4 Å². The monoisotopic (exact) mass is 253 g/mol. The number of aryl methyl sites for hydroxylation is 1. The third-order valence-corrected chi connectivity index (χ3v) is 3.35. The van der Waals surface area contributed by atoms with Gasteiger partial charge >= 0.3 is 5.97 Å². The fraction of sp³-hybridized carbons (Fsp3) is 0.615. The number of aliphatic hydroxyl groups is 1. The van der Waals surface area contributed by atoms with Crippen molar-refractivity contribution in [1.82, 2.24) is 4.90 Å². The van der Waals surface area contributed by atoms with E-state index in [0.717, 1.165) is 30.8 Å². The molecule has 0 aliphatic carbocycles. The van der Waals surface area contributed by atoms with Gasteiger partial charge in [0.1, 0.15) is 5.76 Å². The van der Waals surface area contributed by atoms with E-state index >= 15 is 0 Å². The van der Waals surface area contributed by atoms with Crippen molar-refractivity contribution in [1.29, 1.82) is 0 Å². The first kappa shape index (κ1) is 13.1. The minimum Gasteiger partial charge on any atom is -0.463 e. The number of methoxy groups -OCH3 is 1. The minimum atomic E-state index is -0.437. The van der Waals surface area contributed by atoms with Crippen LogP contribution in [0, 0.1) is 12.8 Å². The molecule has 2 rings (SSSR count).